The molecule has 1 aliphatic heterocycles. The van der Waals surface area contributed by atoms with Gasteiger partial charge in [-0.1, -0.05) is 13.8 Å². The molecule has 0 spiro atoms. The van der Waals surface area contributed by atoms with Crippen LogP contribution in [0.1, 0.15) is 20.3 Å². The molecule has 2 heterocycles. The van der Waals surface area contributed by atoms with Crippen molar-refractivity contribution >= 4 is 27.7 Å². The molecule has 1 N–H and O–H groups in total. The molecule has 0 bridgehead atoms. The van der Waals surface area contributed by atoms with Crippen LogP contribution in [0.25, 0.3) is 0 Å². The second-order valence-corrected chi connectivity index (χ2v) is 4.38. The third-order valence-electron chi connectivity index (χ3n) is 2.30. The van der Waals surface area contributed by atoms with Crippen LogP contribution in [0.4, 0.5) is 5.82 Å². The summed E-state index contributed by atoms with van der Waals surface area (Å²) in [6, 6.07) is 3.85. The maximum atomic E-state index is 11.3. The van der Waals surface area contributed by atoms with Gasteiger partial charge in [-0.2, -0.15) is 0 Å². The predicted octanol–water partition coefficient (Wildman–Crippen LogP) is 2.20. The molecule has 4 nitrogen and oxygen atoms in total. The van der Waals surface area contributed by atoms with Crippen LogP contribution in [0, 0.1) is 0 Å². The monoisotopic (exact) mass is 299 g/mol. The topological polar surface area (TPSA) is 45.2 Å². The number of halogens is 1. The van der Waals surface area contributed by atoms with Gasteiger partial charge in [0.05, 0.1) is 6.54 Å². The van der Waals surface area contributed by atoms with Crippen LogP contribution in [0.15, 0.2) is 22.8 Å². The number of pyridine rings is 1. The summed E-state index contributed by atoms with van der Waals surface area (Å²) >= 11 is 3.34. The summed E-state index contributed by atoms with van der Waals surface area (Å²) < 4.78 is 0.950. The molecular weight excluding hydrogens is 282 g/mol. The van der Waals surface area contributed by atoms with Gasteiger partial charge in [0.1, 0.15) is 5.82 Å². The number of hydrogen-bond donors (Lipinski definition) is 1. The Morgan fingerprint density at radius 3 is 2.82 bits per heavy atom. The summed E-state index contributed by atoms with van der Waals surface area (Å²) in [5.74, 6) is 0.924. The lowest BCUT2D eigenvalue weighted by molar-refractivity contribution is -0.119. The van der Waals surface area contributed by atoms with E-state index in [1.807, 2.05) is 30.9 Å². The molecule has 5 heteroatoms. The molecule has 94 valence electrons. The zero-order chi connectivity index (χ0) is 12.7. The number of carbonyl (C=O) groups is 1. The fraction of sp³-hybridized carbons (Fsp3) is 0.500. The van der Waals surface area contributed by atoms with E-state index in [-0.39, 0.29) is 5.91 Å². The van der Waals surface area contributed by atoms with Crippen LogP contribution in [0.5, 0.6) is 0 Å². The Morgan fingerprint density at radius 2 is 2.18 bits per heavy atom. The van der Waals surface area contributed by atoms with E-state index in [2.05, 4.69) is 26.2 Å². The first-order valence-electron chi connectivity index (χ1n) is 5.89. The van der Waals surface area contributed by atoms with E-state index in [4.69, 9.17) is 0 Å². The third kappa shape index (κ3) is 4.34. The first-order chi connectivity index (χ1) is 8.25. The van der Waals surface area contributed by atoms with E-state index in [1.54, 1.807) is 6.20 Å². The van der Waals surface area contributed by atoms with Gasteiger partial charge in [-0.25, -0.2) is 4.98 Å². The number of aromatic nitrogens is 1. The number of anilines is 1. The summed E-state index contributed by atoms with van der Waals surface area (Å²) in [4.78, 5) is 17.6. The van der Waals surface area contributed by atoms with Crippen molar-refractivity contribution in [2.75, 3.05) is 24.5 Å². The lowest BCUT2D eigenvalue weighted by atomic mass is 10.3. The van der Waals surface area contributed by atoms with Crippen LogP contribution in [-0.4, -0.2) is 30.5 Å². The molecule has 1 fully saturated rings. The van der Waals surface area contributed by atoms with Gasteiger partial charge in [-0.05, 0) is 34.5 Å². The highest BCUT2D eigenvalue weighted by Crippen LogP contribution is 2.15. The summed E-state index contributed by atoms with van der Waals surface area (Å²) in [5, 5.41) is 2.84. The van der Waals surface area contributed by atoms with Crippen molar-refractivity contribution in [1.29, 1.82) is 0 Å². The molecule has 1 aromatic heterocycles. The van der Waals surface area contributed by atoms with Crippen molar-refractivity contribution in [3.8, 4) is 0 Å². The van der Waals surface area contributed by atoms with Crippen molar-refractivity contribution in [3.05, 3.63) is 22.8 Å². The molecule has 17 heavy (non-hydrogen) atoms. The number of rotatable bonds is 1. The summed E-state index contributed by atoms with van der Waals surface area (Å²) in [5.41, 5.74) is 0. The summed E-state index contributed by atoms with van der Waals surface area (Å²) in [6.07, 6.45) is 2.71. The molecule has 0 aliphatic carbocycles. The lowest BCUT2D eigenvalue weighted by Gasteiger charge is -2.19. The van der Waals surface area contributed by atoms with Gasteiger partial charge in [0, 0.05) is 23.8 Å². The molecule has 0 saturated carbocycles. The van der Waals surface area contributed by atoms with Gasteiger partial charge in [0.2, 0.25) is 5.91 Å². The van der Waals surface area contributed by atoms with Gasteiger partial charge in [-0.3, -0.25) is 4.79 Å². The summed E-state index contributed by atoms with van der Waals surface area (Å²) in [7, 11) is 0. The molecule has 0 unspecified atom stereocenters. The third-order valence-corrected chi connectivity index (χ3v) is 2.77. The Hall–Kier alpha value is -1.10. The molecule has 1 amide bonds. The molecule has 1 aliphatic rings. The molecule has 2 rings (SSSR count). The van der Waals surface area contributed by atoms with E-state index in [0.29, 0.717) is 6.54 Å². The van der Waals surface area contributed by atoms with Crippen molar-refractivity contribution < 1.29 is 4.79 Å². The van der Waals surface area contributed by atoms with Crippen LogP contribution >= 0.6 is 15.9 Å². The number of carbonyl (C=O) groups excluding carboxylic acids is 1. The Labute approximate surface area is 111 Å². The highest BCUT2D eigenvalue weighted by atomic mass is 79.9. The molecule has 0 radical (unpaired) electrons. The minimum absolute atomic E-state index is 0.0669. The first-order valence-corrected chi connectivity index (χ1v) is 6.68. The van der Waals surface area contributed by atoms with Gasteiger partial charge >= 0.3 is 0 Å². The maximum Gasteiger partial charge on any atom is 0.239 e. The van der Waals surface area contributed by atoms with Gasteiger partial charge in [-0.15, -0.1) is 0 Å². The van der Waals surface area contributed by atoms with E-state index >= 15 is 0 Å². The van der Waals surface area contributed by atoms with Gasteiger partial charge in [0.15, 0.2) is 0 Å². The van der Waals surface area contributed by atoms with E-state index in [0.717, 1.165) is 29.8 Å². The van der Waals surface area contributed by atoms with Crippen LogP contribution in [0.3, 0.4) is 0 Å². The predicted molar refractivity (Wildman–Crippen MR) is 73.1 cm³/mol. The number of amides is 1. The highest BCUT2D eigenvalue weighted by Gasteiger charge is 2.15. The number of nitrogens with zero attached hydrogens (tertiary/aromatic N) is 2. The normalized spacial score (nSPS) is 15.5. The minimum Gasteiger partial charge on any atom is -0.354 e. The minimum atomic E-state index is 0.0669. The van der Waals surface area contributed by atoms with Gasteiger partial charge in [0.25, 0.3) is 0 Å². The largest absolute Gasteiger partial charge is 0.354 e. The second-order valence-electron chi connectivity index (χ2n) is 3.46. The first kappa shape index (κ1) is 14.0. The molecular formula is C12H18BrN3O. The zero-order valence-corrected chi connectivity index (χ0v) is 11.8. The van der Waals surface area contributed by atoms with Crippen LogP contribution in [0.2, 0.25) is 0 Å². The quantitative estimate of drug-likeness (QED) is 0.865. The number of nitrogens with one attached hydrogen (secondary N) is 1. The molecule has 1 aromatic rings. The maximum absolute atomic E-state index is 11.3. The molecule has 0 aromatic carbocycles. The van der Waals surface area contributed by atoms with Crippen molar-refractivity contribution in [2.24, 2.45) is 0 Å². The average molecular weight is 300 g/mol. The van der Waals surface area contributed by atoms with Gasteiger partial charge < -0.3 is 10.2 Å². The Balaban J connectivity index is 0.000000686. The second kappa shape index (κ2) is 7.27. The summed E-state index contributed by atoms with van der Waals surface area (Å²) in [6.45, 7) is 6.02. The zero-order valence-electron chi connectivity index (χ0n) is 10.2. The van der Waals surface area contributed by atoms with Crippen molar-refractivity contribution in [1.82, 2.24) is 10.3 Å². The van der Waals surface area contributed by atoms with Crippen molar-refractivity contribution in [3.63, 3.8) is 0 Å². The standard InChI is InChI=1S/C10H12BrN3O.C2H6/c11-8-2-3-9(13-6-8)14-5-1-4-12-10(15)7-14;1-2/h2-3,6H,1,4-5,7H2,(H,12,15);1-2H3. The fourth-order valence-electron chi connectivity index (χ4n) is 1.56. The van der Waals surface area contributed by atoms with E-state index < -0.39 is 0 Å². The van der Waals surface area contributed by atoms with Crippen LogP contribution in [-0.2, 0) is 4.79 Å². The fourth-order valence-corrected chi connectivity index (χ4v) is 1.79. The average Bonchev–Trinajstić information content (AvgIpc) is 2.57. The van der Waals surface area contributed by atoms with E-state index in [9.17, 15) is 4.79 Å². The lowest BCUT2D eigenvalue weighted by Crippen LogP contribution is -2.33. The number of hydrogen-bond acceptors (Lipinski definition) is 3. The van der Waals surface area contributed by atoms with Crippen molar-refractivity contribution in [2.45, 2.75) is 20.3 Å². The molecule has 1 saturated heterocycles. The van der Waals surface area contributed by atoms with E-state index in [1.165, 1.54) is 0 Å². The smallest absolute Gasteiger partial charge is 0.239 e. The molecule has 0 atom stereocenters. The van der Waals surface area contributed by atoms with Crippen LogP contribution < -0.4 is 10.2 Å². The highest BCUT2D eigenvalue weighted by molar-refractivity contribution is 9.10. The Kier molecular flexibility index (Phi) is 5.97. The Bertz CT molecular complexity index is 353. The SMILES string of the molecule is CC.O=C1CN(c2ccc(Br)cn2)CCCN1. The Morgan fingerprint density at radius 1 is 1.41 bits per heavy atom.